The van der Waals surface area contributed by atoms with Gasteiger partial charge in [0.2, 0.25) is 0 Å². The van der Waals surface area contributed by atoms with E-state index >= 15 is 0 Å². The van der Waals surface area contributed by atoms with Crippen molar-refractivity contribution < 1.29 is 14.2 Å². The standard InChI is InChI=1S/C22H19N3O3.ClH/c1-26-20-12-18-19(13-21(20)27-2)23-14-24-22(18)25-15-8-10-17(11-9-15)28-16-6-4-3-5-7-16;/h3-14H,1-2H3,(H,23,24,25);1H. The Balaban J connectivity index is 0.00000240. The molecule has 29 heavy (non-hydrogen) atoms. The van der Waals surface area contributed by atoms with Crippen molar-refractivity contribution in [3.05, 3.63) is 73.1 Å². The highest BCUT2D eigenvalue weighted by Crippen LogP contribution is 2.34. The Kier molecular flexibility index (Phi) is 6.36. The Morgan fingerprint density at radius 2 is 1.41 bits per heavy atom. The van der Waals surface area contributed by atoms with Gasteiger partial charge in [0, 0.05) is 17.1 Å². The third kappa shape index (κ3) is 4.50. The molecular weight excluding hydrogens is 390 g/mol. The summed E-state index contributed by atoms with van der Waals surface area (Å²) in [7, 11) is 3.20. The number of anilines is 2. The maximum absolute atomic E-state index is 5.83. The Bertz CT molecular complexity index is 1090. The molecule has 0 saturated carbocycles. The fraction of sp³-hybridized carbons (Fsp3) is 0.0909. The maximum atomic E-state index is 5.83. The van der Waals surface area contributed by atoms with E-state index in [-0.39, 0.29) is 12.4 Å². The number of rotatable bonds is 6. The van der Waals surface area contributed by atoms with E-state index in [1.54, 1.807) is 14.2 Å². The molecule has 148 valence electrons. The number of benzene rings is 3. The highest BCUT2D eigenvalue weighted by Gasteiger charge is 2.11. The molecule has 1 N–H and O–H groups in total. The first kappa shape index (κ1) is 20.2. The molecule has 4 rings (SSSR count). The van der Waals surface area contributed by atoms with Crippen LogP contribution in [-0.2, 0) is 0 Å². The topological polar surface area (TPSA) is 65.5 Å². The van der Waals surface area contributed by atoms with E-state index in [1.807, 2.05) is 66.7 Å². The number of hydrogen-bond acceptors (Lipinski definition) is 6. The number of fused-ring (bicyclic) bond motifs is 1. The molecule has 0 aliphatic rings. The van der Waals surface area contributed by atoms with E-state index < -0.39 is 0 Å². The molecule has 0 bridgehead atoms. The van der Waals surface area contributed by atoms with Gasteiger partial charge in [-0.2, -0.15) is 0 Å². The van der Waals surface area contributed by atoms with Crippen LogP contribution in [0.4, 0.5) is 11.5 Å². The van der Waals surface area contributed by atoms with Crippen molar-refractivity contribution >= 4 is 34.8 Å². The molecule has 0 radical (unpaired) electrons. The lowest BCUT2D eigenvalue weighted by atomic mass is 10.2. The molecule has 0 atom stereocenters. The Labute approximate surface area is 174 Å². The van der Waals surface area contributed by atoms with Crippen molar-refractivity contribution in [1.82, 2.24) is 9.97 Å². The van der Waals surface area contributed by atoms with Gasteiger partial charge >= 0.3 is 0 Å². The van der Waals surface area contributed by atoms with Crippen molar-refractivity contribution in [2.24, 2.45) is 0 Å². The predicted octanol–water partition coefficient (Wildman–Crippen LogP) is 5.60. The first-order valence-electron chi connectivity index (χ1n) is 8.73. The Morgan fingerprint density at radius 1 is 0.759 bits per heavy atom. The predicted molar refractivity (Wildman–Crippen MR) is 116 cm³/mol. The average molecular weight is 410 g/mol. The van der Waals surface area contributed by atoms with Gasteiger partial charge in [-0.1, -0.05) is 18.2 Å². The lowest BCUT2D eigenvalue weighted by Crippen LogP contribution is -1.98. The van der Waals surface area contributed by atoms with Crippen molar-refractivity contribution in [1.29, 1.82) is 0 Å². The van der Waals surface area contributed by atoms with Gasteiger partial charge < -0.3 is 19.5 Å². The van der Waals surface area contributed by atoms with E-state index in [4.69, 9.17) is 14.2 Å². The van der Waals surface area contributed by atoms with E-state index in [2.05, 4.69) is 15.3 Å². The summed E-state index contributed by atoms with van der Waals surface area (Å²) < 4.78 is 16.6. The number of hydrogen-bond donors (Lipinski definition) is 1. The molecule has 3 aromatic carbocycles. The summed E-state index contributed by atoms with van der Waals surface area (Å²) in [5.74, 6) is 3.49. The molecule has 6 nitrogen and oxygen atoms in total. The van der Waals surface area contributed by atoms with Crippen LogP contribution in [-0.4, -0.2) is 24.2 Å². The van der Waals surface area contributed by atoms with Crippen LogP contribution in [0.3, 0.4) is 0 Å². The van der Waals surface area contributed by atoms with Crippen LogP contribution in [0.1, 0.15) is 0 Å². The van der Waals surface area contributed by atoms with Crippen LogP contribution in [0.25, 0.3) is 10.9 Å². The van der Waals surface area contributed by atoms with Crippen molar-refractivity contribution in [3.63, 3.8) is 0 Å². The third-order valence-corrected chi connectivity index (χ3v) is 4.24. The van der Waals surface area contributed by atoms with E-state index in [0.29, 0.717) is 17.3 Å². The molecule has 0 fully saturated rings. The third-order valence-electron chi connectivity index (χ3n) is 4.24. The first-order chi connectivity index (χ1) is 13.8. The number of halogens is 1. The zero-order valence-electron chi connectivity index (χ0n) is 16.0. The van der Waals surface area contributed by atoms with Crippen LogP contribution < -0.4 is 19.5 Å². The zero-order valence-corrected chi connectivity index (χ0v) is 16.8. The highest BCUT2D eigenvalue weighted by molar-refractivity contribution is 5.93. The lowest BCUT2D eigenvalue weighted by Gasteiger charge is -2.12. The van der Waals surface area contributed by atoms with Gasteiger partial charge in [-0.3, -0.25) is 0 Å². The molecule has 0 saturated heterocycles. The summed E-state index contributed by atoms with van der Waals surface area (Å²) in [5, 5.41) is 4.16. The Morgan fingerprint density at radius 3 is 2.10 bits per heavy atom. The number of nitrogens with one attached hydrogen (secondary N) is 1. The van der Waals surface area contributed by atoms with Crippen LogP contribution in [0.15, 0.2) is 73.1 Å². The van der Waals surface area contributed by atoms with Gasteiger partial charge in [-0.05, 0) is 42.5 Å². The minimum Gasteiger partial charge on any atom is -0.493 e. The Hall–Kier alpha value is -3.51. The quantitative estimate of drug-likeness (QED) is 0.447. The fourth-order valence-electron chi connectivity index (χ4n) is 2.85. The molecule has 0 spiro atoms. The maximum Gasteiger partial charge on any atom is 0.162 e. The molecule has 0 unspecified atom stereocenters. The summed E-state index contributed by atoms with van der Waals surface area (Å²) in [6.45, 7) is 0. The van der Waals surface area contributed by atoms with Gasteiger partial charge in [0.1, 0.15) is 23.6 Å². The second-order valence-electron chi connectivity index (χ2n) is 6.01. The molecule has 0 amide bonds. The summed E-state index contributed by atoms with van der Waals surface area (Å²) >= 11 is 0. The van der Waals surface area contributed by atoms with E-state index in [9.17, 15) is 0 Å². The zero-order chi connectivity index (χ0) is 19.3. The average Bonchev–Trinajstić information content (AvgIpc) is 2.75. The minimum absolute atomic E-state index is 0. The fourth-order valence-corrected chi connectivity index (χ4v) is 2.85. The number of nitrogens with zero attached hydrogens (tertiary/aromatic N) is 2. The first-order valence-corrected chi connectivity index (χ1v) is 8.73. The normalized spacial score (nSPS) is 10.1. The van der Waals surface area contributed by atoms with Crippen LogP contribution in [0, 0.1) is 0 Å². The molecule has 1 heterocycles. The van der Waals surface area contributed by atoms with Gasteiger partial charge in [0.05, 0.1) is 19.7 Å². The number of methoxy groups -OCH3 is 2. The molecule has 4 aromatic rings. The summed E-state index contributed by atoms with van der Waals surface area (Å²) in [6, 6.07) is 21.0. The van der Waals surface area contributed by atoms with Crippen molar-refractivity contribution in [3.8, 4) is 23.0 Å². The number of para-hydroxylation sites is 1. The summed E-state index contributed by atoms with van der Waals surface area (Å²) in [4.78, 5) is 8.70. The molecule has 1 aromatic heterocycles. The van der Waals surface area contributed by atoms with Crippen LogP contribution >= 0.6 is 12.4 Å². The largest absolute Gasteiger partial charge is 0.493 e. The smallest absolute Gasteiger partial charge is 0.162 e. The van der Waals surface area contributed by atoms with E-state index in [0.717, 1.165) is 28.1 Å². The number of ether oxygens (including phenoxy) is 3. The van der Waals surface area contributed by atoms with Gasteiger partial charge in [-0.25, -0.2) is 9.97 Å². The SMILES string of the molecule is COc1cc2ncnc(Nc3ccc(Oc4ccccc4)cc3)c2cc1OC.Cl. The second kappa shape index (κ2) is 9.12. The lowest BCUT2D eigenvalue weighted by molar-refractivity contribution is 0.356. The summed E-state index contributed by atoms with van der Waals surface area (Å²) in [6.07, 6.45) is 1.52. The van der Waals surface area contributed by atoms with E-state index in [1.165, 1.54) is 6.33 Å². The van der Waals surface area contributed by atoms with Gasteiger partial charge in [0.25, 0.3) is 0 Å². The monoisotopic (exact) mass is 409 g/mol. The number of aromatic nitrogens is 2. The highest BCUT2D eigenvalue weighted by atomic mass is 35.5. The molecular formula is C22H20ClN3O3. The molecule has 0 aliphatic heterocycles. The van der Waals surface area contributed by atoms with Gasteiger partial charge in [-0.15, -0.1) is 12.4 Å². The van der Waals surface area contributed by atoms with Crippen LogP contribution in [0.5, 0.6) is 23.0 Å². The van der Waals surface area contributed by atoms with Crippen molar-refractivity contribution in [2.45, 2.75) is 0 Å². The summed E-state index contributed by atoms with van der Waals surface area (Å²) in [5.41, 5.74) is 1.65. The van der Waals surface area contributed by atoms with Crippen molar-refractivity contribution in [2.75, 3.05) is 19.5 Å². The van der Waals surface area contributed by atoms with Gasteiger partial charge in [0.15, 0.2) is 11.5 Å². The molecule has 0 aliphatic carbocycles. The minimum atomic E-state index is 0. The van der Waals surface area contributed by atoms with Crippen LogP contribution in [0.2, 0.25) is 0 Å². The molecule has 7 heteroatoms. The second-order valence-corrected chi connectivity index (χ2v) is 6.01.